The van der Waals surface area contributed by atoms with Gasteiger partial charge in [-0.15, -0.1) is 12.4 Å². The Morgan fingerprint density at radius 3 is 2.58 bits per heavy atom. The standard InChI is InChI=1S/C12H15N3O3.ClH/c16-12(14-10-2-1-7-13-8-10)9-3-5-11(6-4-9)15(17)18;/h3-6,10,13H,1-2,7-8H2,(H,14,16);1H/t10-;/m1./s1. The zero-order chi connectivity index (χ0) is 13.0. The lowest BCUT2D eigenvalue weighted by atomic mass is 10.1. The van der Waals surface area contributed by atoms with Gasteiger partial charge in [0.2, 0.25) is 0 Å². The first-order chi connectivity index (χ1) is 8.66. The van der Waals surface area contributed by atoms with Gasteiger partial charge in [-0.05, 0) is 31.5 Å². The van der Waals surface area contributed by atoms with Gasteiger partial charge in [0, 0.05) is 30.3 Å². The van der Waals surface area contributed by atoms with Gasteiger partial charge >= 0.3 is 0 Å². The number of nitrogens with zero attached hydrogens (tertiary/aromatic N) is 1. The highest BCUT2D eigenvalue weighted by Gasteiger charge is 2.16. The van der Waals surface area contributed by atoms with Gasteiger partial charge in [0.1, 0.15) is 0 Å². The van der Waals surface area contributed by atoms with Crippen LogP contribution in [0.5, 0.6) is 0 Å². The van der Waals surface area contributed by atoms with Gasteiger partial charge in [-0.25, -0.2) is 0 Å². The maximum Gasteiger partial charge on any atom is 0.269 e. The number of hydrogen-bond acceptors (Lipinski definition) is 4. The topological polar surface area (TPSA) is 84.3 Å². The molecular formula is C12H16ClN3O3. The number of nitro groups is 1. The largest absolute Gasteiger partial charge is 0.348 e. The predicted molar refractivity (Wildman–Crippen MR) is 73.7 cm³/mol. The van der Waals surface area contributed by atoms with Crippen LogP contribution in [0.2, 0.25) is 0 Å². The van der Waals surface area contributed by atoms with E-state index in [1.165, 1.54) is 24.3 Å². The molecule has 1 aliphatic heterocycles. The van der Waals surface area contributed by atoms with Crippen molar-refractivity contribution >= 4 is 24.0 Å². The van der Waals surface area contributed by atoms with E-state index in [1.54, 1.807) is 0 Å². The minimum absolute atomic E-state index is 0. The van der Waals surface area contributed by atoms with Crippen molar-refractivity contribution < 1.29 is 9.72 Å². The maximum atomic E-state index is 11.9. The number of benzene rings is 1. The van der Waals surface area contributed by atoms with Crippen LogP contribution >= 0.6 is 12.4 Å². The highest BCUT2D eigenvalue weighted by Crippen LogP contribution is 2.12. The van der Waals surface area contributed by atoms with Gasteiger partial charge < -0.3 is 10.6 Å². The van der Waals surface area contributed by atoms with Gasteiger partial charge in [0.05, 0.1) is 4.92 Å². The fraction of sp³-hybridized carbons (Fsp3) is 0.417. The van der Waals surface area contributed by atoms with Crippen LogP contribution in [0, 0.1) is 10.1 Å². The van der Waals surface area contributed by atoms with Crippen LogP contribution in [0.15, 0.2) is 24.3 Å². The Balaban J connectivity index is 0.00000180. The highest BCUT2D eigenvalue weighted by atomic mass is 35.5. The Kier molecular flexibility index (Phi) is 5.72. The monoisotopic (exact) mass is 285 g/mol. The summed E-state index contributed by atoms with van der Waals surface area (Å²) in [7, 11) is 0. The van der Waals surface area contributed by atoms with E-state index in [1.807, 2.05) is 0 Å². The van der Waals surface area contributed by atoms with Crippen molar-refractivity contribution in [1.82, 2.24) is 10.6 Å². The van der Waals surface area contributed by atoms with Crippen molar-refractivity contribution in [2.45, 2.75) is 18.9 Å². The van der Waals surface area contributed by atoms with E-state index in [2.05, 4.69) is 10.6 Å². The summed E-state index contributed by atoms with van der Waals surface area (Å²) < 4.78 is 0. The SMILES string of the molecule is Cl.O=C(N[C@@H]1CCCNC1)c1ccc([N+](=O)[O-])cc1. The molecule has 0 aliphatic carbocycles. The average Bonchev–Trinajstić information content (AvgIpc) is 2.40. The van der Waals surface area contributed by atoms with E-state index >= 15 is 0 Å². The second kappa shape index (κ2) is 7.06. The first kappa shape index (κ1) is 15.4. The molecule has 1 heterocycles. The van der Waals surface area contributed by atoms with Crippen LogP contribution in [-0.4, -0.2) is 30.0 Å². The summed E-state index contributed by atoms with van der Waals surface area (Å²) in [5, 5.41) is 16.6. The summed E-state index contributed by atoms with van der Waals surface area (Å²) in [5.41, 5.74) is 0.442. The number of nitro benzene ring substituents is 1. The summed E-state index contributed by atoms with van der Waals surface area (Å²) in [4.78, 5) is 21.9. The molecule has 104 valence electrons. The summed E-state index contributed by atoms with van der Waals surface area (Å²) in [6, 6.07) is 5.77. The molecule has 2 N–H and O–H groups in total. The fourth-order valence-electron chi connectivity index (χ4n) is 1.98. The zero-order valence-corrected chi connectivity index (χ0v) is 11.1. The Morgan fingerprint density at radius 1 is 1.37 bits per heavy atom. The maximum absolute atomic E-state index is 11.9. The molecule has 1 atom stereocenters. The molecule has 0 saturated carbocycles. The Hall–Kier alpha value is -1.66. The molecule has 1 aromatic rings. The molecule has 1 saturated heterocycles. The summed E-state index contributed by atoms with van der Waals surface area (Å²) in [5.74, 6) is -0.182. The molecule has 0 unspecified atom stereocenters. The molecular weight excluding hydrogens is 270 g/mol. The number of rotatable bonds is 3. The normalized spacial score (nSPS) is 18.2. The van der Waals surface area contributed by atoms with Crippen molar-refractivity contribution in [1.29, 1.82) is 0 Å². The summed E-state index contributed by atoms with van der Waals surface area (Å²) >= 11 is 0. The lowest BCUT2D eigenvalue weighted by molar-refractivity contribution is -0.384. The Morgan fingerprint density at radius 2 is 2.05 bits per heavy atom. The van der Waals surface area contributed by atoms with Gasteiger partial charge in [-0.1, -0.05) is 0 Å². The number of piperidine rings is 1. The van der Waals surface area contributed by atoms with Gasteiger partial charge in [0.15, 0.2) is 0 Å². The quantitative estimate of drug-likeness (QED) is 0.651. The van der Waals surface area contributed by atoms with Crippen LogP contribution in [0.4, 0.5) is 5.69 Å². The van der Waals surface area contributed by atoms with Crippen molar-refractivity contribution in [3.63, 3.8) is 0 Å². The third-order valence-electron chi connectivity index (χ3n) is 2.97. The zero-order valence-electron chi connectivity index (χ0n) is 10.3. The minimum Gasteiger partial charge on any atom is -0.348 e. The van der Waals surface area contributed by atoms with Crippen LogP contribution < -0.4 is 10.6 Å². The minimum atomic E-state index is -0.479. The van der Waals surface area contributed by atoms with Crippen LogP contribution in [-0.2, 0) is 0 Å². The van der Waals surface area contributed by atoms with Crippen LogP contribution in [0.1, 0.15) is 23.2 Å². The average molecular weight is 286 g/mol. The lowest BCUT2D eigenvalue weighted by Crippen LogP contribution is -2.45. The van der Waals surface area contributed by atoms with E-state index in [-0.39, 0.29) is 30.0 Å². The predicted octanol–water partition coefficient (Wildman–Crippen LogP) is 1.50. The fourth-order valence-corrected chi connectivity index (χ4v) is 1.98. The highest BCUT2D eigenvalue weighted by molar-refractivity contribution is 5.94. The molecule has 6 nitrogen and oxygen atoms in total. The number of hydrogen-bond donors (Lipinski definition) is 2. The number of carbonyl (C=O) groups is 1. The molecule has 1 aliphatic rings. The number of halogens is 1. The van der Waals surface area contributed by atoms with E-state index in [0.717, 1.165) is 25.9 Å². The van der Waals surface area contributed by atoms with Gasteiger partial charge in [-0.3, -0.25) is 14.9 Å². The van der Waals surface area contributed by atoms with Crippen molar-refractivity contribution in [2.75, 3.05) is 13.1 Å². The summed E-state index contributed by atoms with van der Waals surface area (Å²) in [6.07, 6.45) is 2.01. The molecule has 19 heavy (non-hydrogen) atoms. The molecule has 0 spiro atoms. The lowest BCUT2D eigenvalue weighted by Gasteiger charge is -2.23. The third kappa shape index (κ3) is 4.18. The second-order valence-corrected chi connectivity index (χ2v) is 4.32. The van der Waals surface area contributed by atoms with E-state index in [9.17, 15) is 14.9 Å². The molecule has 1 fully saturated rings. The Labute approximate surface area is 117 Å². The summed E-state index contributed by atoms with van der Waals surface area (Å²) in [6.45, 7) is 1.77. The van der Waals surface area contributed by atoms with Crippen LogP contribution in [0.25, 0.3) is 0 Å². The number of carbonyl (C=O) groups excluding carboxylic acids is 1. The molecule has 0 radical (unpaired) electrons. The van der Waals surface area contributed by atoms with E-state index < -0.39 is 4.92 Å². The number of nitrogens with one attached hydrogen (secondary N) is 2. The molecule has 2 rings (SSSR count). The van der Waals surface area contributed by atoms with Gasteiger partial charge in [-0.2, -0.15) is 0 Å². The molecule has 1 aromatic carbocycles. The molecule has 0 bridgehead atoms. The van der Waals surface area contributed by atoms with E-state index in [0.29, 0.717) is 5.56 Å². The van der Waals surface area contributed by atoms with Crippen molar-refractivity contribution in [3.8, 4) is 0 Å². The first-order valence-corrected chi connectivity index (χ1v) is 5.93. The number of non-ortho nitro benzene ring substituents is 1. The van der Waals surface area contributed by atoms with Crippen molar-refractivity contribution in [2.24, 2.45) is 0 Å². The first-order valence-electron chi connectivity index (χ1n) is 5.93. The van der Waals surface area contributed by atoms with Crippen molar-refractivity contribution in [3.05, 3.63) is 39.9 Å². The third-order valence-corrected chi connectivity index (χ3v) is 2.97. The molecule has 7 heteroatoms. The smallest absolute Gasteiger partial charge is 0.269 e. The van der Waals surface area contributed by atoms with Gasteiger partial charge in [0.25, 0.3) is 11.6 Å². The molecule has 1 amide bonds. The number of amides is 1. The molecule has 0 aromatic heterocycles. The second-order valence-electron chi connectivity index (χ2n) is 4.32. The Bertz CT molecular complexity index is 444. The van der Waals surface area contributed by atoms with Crippen LogP contribution in [0.3, 0.4) is 0 Å². The van der Waals surface area contributed by atoms with E-state index in [4.69, 9.17) is 0 Å².